The van der Waals surface area contributed by atoms with Crippen molar-refractivity contribution in [2.75, 3.05) is 6.73 Å². The summed E-state index contributed by atoms with van der Waals surface area (Å²) in [7, 11) is 0. The molecule has 0 atom stereocenters. The zero-order valence-electron chi connectivity index (χ0n) is 12.7. The first-order valence-corrected chi connectivity index (χ1v) is 6.84. The van der Waals surface area contributed by atoms with E-state index >= 15 is 0 Å². The summed E-state index contributed by atoms with van der Waals surface area (Å²) in [4.78, 5) is 34.2. The number of hydrogen-bond donors (Lipinski definition) is 0. The number of amides is 1. The van der Waals surface area contributed by atoms with Gasteiger partial charge in [-0.05, 0) is 20.8 Å². The average Bonchev–Trinajstić information content (AvgIpc) is 2.47. The molecule has 2 rings (SSSR count). The van der Waals surface area contributed by atoms with Crippen molar-refractivity contribution >= 4 is 17.3 Å². The van der Waals surface area contributed by atoms with E-state index in [1.807, 2.05) is 0 Å². The van der Waals surface area contributed by atoms with Gasteiger partial charge in [-0.1, -0.05) is 6.92 Å². The van der Waals surface area contributed by atoms with Crippen molar-refractivity contribution in [3.8, 4) is 0 Å². The Labute approximate surface area is 123 Å². The molecule has 0 radical (unpaired) electrons. The maximum absolute atomic E-state index is 12.8. The molecule has 1 aliphatic rings. The minimum atomic E-state index is -0.909. The van der Waals surface area contributed by atoms with Gasteiger partial charge in [0.15, 0.2) is 12.5 Å². The first-order chi connectivity index (χ1) is 9.89. The molecule has 1 aromatic heterocycles. The van der Waals surface area contributed by atoms with Crippen LogP contribution in [-0.4, -0.2) is 38.8 Å². The highest BCUT2D eigenvalue weighted by atomic mass is 16.5. The molecule has 0 saturated carbocycles. The zero-order valence-corrected chi connectivity index (χ0v) is 12.7. The molecule has 1 aliphatic heterocycles. The SMILES string of the molecule is CCC(=O)C(C)(C)N1COC(C)=C(c2cncnc2)C1=O. The van der Waals surface area contributed by atoms with Crippen molar-refractivity contribution in [2.45, 2.75) is 39.7 Å². The highest BCUT2D eigenvalue weighted by Crippen LogP contribution is 2.30. The molecule has 6 nitrogen and oxygen atoms in total. The first kappa shape index (κ1) is 15.2. The second-order valence-electron chi connectivity index (χ2n) is 5.40. The van der Waals surface area contributed by atoms with Crippen LogP contribution in [0.4, 0.5) is 0 Å². The highest BCUT2D eigenvalue weighted by molar-refractivity contribution is 6.21. The highest BCUT2D eigenvalue weighted by Gasteiger charge is 2.41. The lowest BCUT2D eigenvalue weighted by molar-refractivity contribution is -0.148. The normalized spacial score (nSPS) is 16.0. The van der Waals surface area contributed by atoms with Gasteiger partial charge in [0.2, 0.25) is 0 Å². The van der Waals surface area contributed by atoms with Crippen LogP contribution in [0, 0.1) is 0 Å². The number of hydrogen-bond acceptors (Lipinski definition) is 5. The summed E-state index contributed by atoms with van der Waals surface area (Å²) in [5.41, 5.74) is 0.0798. The zero-order chi connectivity index (χ0) is 15.6. The number of carbonyl (C=O) groups excluding carboxylic acids is 2. The number of nitrogens with zero attached hydrogens (tertiary/aromatic N) is 3. The van der Waals surface area contributed by atoms with Gasteiger partial charge in [-0.2, -0.15) is 0 Å². The number of aromatic nitrogens is 2. The summed E-state index contributed by atoms with van der Waals surface area (Å²) in [6.45, 7) is 7.05. The van der Waals surface area contributed by atoms with Crippen LogP contribution in [0.1, 0.15) is 39.7 Å². The number of ketones is 1. The fourth-order valence-electron chi connectivity index (χ4n) is 2.33. The van der Waals surface area contributed by atoms with Gasteiger partial charge < -0.3 is 4.74 Å². The van der Waals surface area contributed by atoms with Gasteiger partial charge in [-0.3, -0.25) is 14.5 Å². The predicted octanol–water partition coefficient (Wildman–Crippen LogP) is 1.78. The molecule has 0 bridgehead atoms. The van der Waals surface area contributed by atoms with E-state index in [0.717, 1.165) is 0 Å². The monoisotopic (exact) mass is 289 g/mol. The summed E-state index contributed by atoms with van der Waals surface area (Å²) in [6.07, 6.45) is 4.88. The Kier molecular flexibility index (Phi) is 4.06. The lowest BCUT2D eigenvalue weighted by Crippen LogP contribution is -2.55. The molecule has 112 valence electrons. The summed E-state index contributed by atoms with van der Waals surface area (Å²) in [5, 5.41) is 0. The number of Topliss-reactive ketones (excluding diaryl/α,β-unsaturated/α-hetero) is 1. The predicted molar refractivity (Wildman–Crippen MR) is 76.8 cm³/mol. The van der Waals surface area contributed by atoms with Gasteiger partial charge in [0.05, 0.1) is 11.1 Å². The lowest BCUT2D eigenvalue weighted by Gasteiger charge is -2.40. The minimum absolute atomic E-state index is 0.0114. The number of carbonyl (C=O) groups is 2. The summed E-state index contributed by atoms with van der Waals surface area (Å²) >= 11 is 0. The van der Waals surface area contributed by atoms with Crippen LogP contribution in [0.15, 0.2) is 24.5 Å². The van der Waals surface area contributed by atoms with Crippen molar-refractivity contribution in [2.24, 2.45) is 0 Å². The van der Waals surface area contributed by atoms with Crippen LogP contribution < -0.4 is 0 Å². The first-order valence-electron chi connectivity index (χ1n) is 6.84. The molecule has 1 amide bonds. The van der Waals surface area contributed by atoms with Gasteiger partial charge in [-0.15, -0.1) is 0 Å². The quantitative estimate of drug-likeness (QED) is 0.845. The molecule has 2 heterocycles. The Bertz CT molecular complexity index is 593. The Hall–Kier alpha value is -2.24. The van der Waals surface area contributed by atoms with Gasteiger partial charge in [-0.25, -0.2) is 9.97 Å². The van der Waals surface area contributed by atoms with Crippen molar-refractivity contribution in [1.82, 2.24) is 14.9 Å². The largest absolute Gasteiger partial charge is 0.477 e. The van der Waals surface area contributed by atoms with E-state index < -0.39 is 5.54 Å². The molecule has 0 saturated heterocycles. The van der Waals surface area contributed by atoms with E-state index in [1.165, 1.54) is 11.2 Å². The van der Waals surface area contributed by atoms with Crippen molar-refractivity contribution in [3.63, 3.8) is 0 Å². The summed E-state index contributed by atoms with van der Waals surface area (Å²) < 4.78 is 5.59. The second-order valence-corrected chi connectivity index (χ2v) is 5.40. The lowest BCUT2D eigenvalue weighted by atomic mass is 9.93. The standard InChI is InChI=1S/C15H19N3O3/c1-5-12(19)15(3,4)18-9-21-10(2)13(14(18)20)11-6-16-8-17-7-11/h6-8H,5,9H2,1-4H3. The molecular formula is C15H19N3O3. The van der Waals surface area contributed by atoms with Crippen LogP contribution in [-0.2, 0) is 14.3 Å². The van der Waals surface area contributed by atoms with E-state index in [-0.39, 0.29) is 18.4 Å². The Morgan fingerprint density at radius 2 is 2.00 bits per heavy atom. The third kappa shape index (κ3) is 2.66. The topological polar surface area (TPSA) is 72.4 Å². The molecule has 0 N–H and O–H groups in total. The van der Waals surface area contributed by atoms with E-state index in [9.17, 15) is 9.59 Å². The number of allylic oxidation sites excluding steroid dienone is 1. The van der Waals surface area contributed by atoms with Crippen molar-refractivity contribution < 1.29 is 14.3 Å². The minimum Gasteiger partial charge on any atom is -0.477 e. The van der Waals surface area contributed by atoms with Crippen LogP contribution >= 0.6 is 0 Å². The van der Waals surface area contributed by atoms with Gasteiger partial charge >= 0.3 is 0 Å². The van der Waals surface area contributed by atoms with Crippen molar-refractivity contribution in [3.05, 3.63) is 30.0 Å². The fraction of sp³-hybridized carbons (Fsp3) is 0.467. The van der Waals surface area contributed by atoms with Crippen molar-refractivity contribution in [1.29, 1.82) is 0 Å². The van der Waals surface area contributed by atoms with Crippen LogP contribution in [0.2, 0.25) is 0 Å². The second kappa shape index (κ2) is 5.63. The molecule has 6 heteroatoms. The van der Waals surface area contributed by atoms with E-state index in [1.54, 1.807) is 40.1 Å². The molecule has 0 unspecified atom stereocenters. The number of rotatable bonds is 4. The third-order valence-electron chi connectivity index (χ3n) is 3.75. The molecule has 0 spiro atoms. The average molecular weight is 289 g/mol. The van der Waals surface area contributed by atoms with Crippen LogP contribution in [0.5, 0.6) is 0 Å². The molecule has 21 heavy (non-hydrogen) atoms. The summed E-state index contributed by atoms with van der Waals surface area (Å²) in [6, 6.07) is 0. The molecule has 1 aromatic rings. The van der Waals surface area contributed by atoms with E-state index in [2.05, 4.69) is 9.97 Å². The fourth-order valence-corrected chi connectivity index (χ4v) is 2.33. The van der Waals surface area contributed by atoms with E-state index in [4.69, 9.17) is 4.74 Å². The maximum Gasteiger partial charge on any atom is 0.261 e. The Balaban J connectivity index is 2.41. The van der Waals surface area contributed by atoms with Gasteiger partial charge in [0.25, 0.3) is 5.91 Å². The smallest absolute Gasteiger partial charge is 0.261 e. The van der Waals surface area contributed by atoms with E-state index in [0.29, 0.717) is 23.3 Å². The maximum atomic E-state index is 12.8. The Morgan fingerprint density at radius 3 is 2.57 bits per heavy atom. The van der Waals surface area contributed by atoms with Crippen LogP contribution in [0.3, 0.4) is 0 Å². The Morgan fingerprint density at radius 1 is 1.38 bits per heavy atom. The van der Waals surface area contributed by atoms with Crippen LogP contribution in [0.25, 0.3) is 5.57 Å². The molecule has 0 fully saturated rings. The molecule has 0 aromatic carbocycles. The third-order valence-corrected chi connectivity index (χ3v) is 3.75. The summed E-state index contributed by atoms with van der Waals surface area (Å²) in [5.74, 6) is 0.272. The van der Waals surface area contributed by atoms with Gasteiger partial charge in [0.1, 0.15) is 12.1 Å². The van der Waals surface area contributed by atoms with Gasteiger partial charge in [0, 0.05) is 24.4 Å². The number of ether oxygens (including phenoxy) is 1. The molecular weight excluding hydrogens is 270 g/mol. The molecule has 0 aliphatic carbocycles.